The Bertz CT molecular complexity index is 26.3. The Labute approximate surface area is 55.3 Å². The summed E-state index contributed by atoms with van der Waals surface area (Å²) in [7, 11) is 4.71. The van der Waals surface area contributed by atoms with Crippen molar-refractivity contribution >= 4 is 24.0 Å². The van der Waals surface area contributed by atoms with Crippen LogP contribution in [0.5, 0.6) is 0 Å². The maximum absolute atomic E-state index is 10.0. The van der Waals surface area contributed by atoms with Crippen molar-refractivity contribution in [1.29, 1.82) is 0 Å². The maximum atomic E-state index is 10.0. The molecule has 0 aromatic carbocycles. The summed E-state index contributed by atoms with van der Waals surface area (Å²) in [5, 5.41) is 10.0. The van der Waals surface area contributed by atoms with Gasteiger partial charge in [-0.25, -0.2) is 0 Å². The van der Waals surface area contributed by atoms with E-state index in [0.29, 0.717) is 0 Å². The molecule has 0 atom stereocenters. The van der Waals surface area contributed by atoms with Crippen LogP contribution in [0.2, 0.25) is 0 Å². The van der Waals surface area contributed by atoms with E-state index in [2.05, 4.69) is 0 Å². The fraction of sp³-hybridized carbons (Fsp3) is 1.00. The van der Waals surface area contributed by atoms with Gasteiger partial charge in [0.1, 0.15) is 0 Å². The van der Waals surface area contributed by atoms with E-state index in [1.807, 2.05) is 0 Å². The van der Waals surface area contributed by atoms with Gasteiger partial charge in [0.15, 0.2) is 0 Å². The van der Waals surface area contributed by atoms with Crippen LogP contribution < -0.4 is 0 Å². The molecule has 0 unspecified atom stereocenters. The Morgan fingerprint density at radius 2 is 1.17 bits per heavy atom. The van der Waals surface area contributed by atoms with E-state index >= 15 is 0 Å². The number of hydrogen-bond acceptors (Lipinski definition) is 1. The highest BCUT2D eigenvalue weighted by Crippen LogP contribution is 1.77. The molecule has 0 amide bonds. The van der Waals surface area contributed by atoms with Gasteiger partial charge < -0.3 is 9.85 Å². The number of halogens is 1. The average Bonchev–Trinajstić information content (AvgIpc) is 0.722. The third-order valence-corrected chi connectivity index (χ3v) is 0. The quantitative estimate of drug-likeness (QED) is 0.324. The van der Waals surface area contributed by atoms with E-state index in [-0.39, 0.29) is 28.6 Å². The topological polar surface area (TPSA) is 23.1 Å². The molecule has 3 heteroatoms. The van der Waals surface area contributed by atoms with Gasteiger partial charge in [0, 0.05) is 0 Å². The first kappa shape index (κ1) is 9.82. The predicted octanol–water partition coefficient (Wildman–Crippen LogP) is 0.808. The van der Waals surface area contributed by atoms with Gasteiger partial charge in [-0.05, 0) is 0 Å². The fourth-order valence-electron chi connectivity index (χ4n) is 0. The normalized spacial score (nSPS) is 10.0. The minimum absolute atomic E-state index is 0. The summed E-state index contributed by atoms with van der Waals surface area (Å²) in [5.41, 5.74) is 0. The van der Waals surface area contributed by atoms with Crippen molar-refractivity contribution in [2.45, 2.75) is 0 Å². The molecular formula is C3H10INO. The van der Waals surface area contributed by atoms with Gasteiger partial charge in [-0.2, -0.15) is 0 Å². The first-order valence-corrected chi connectivity index (χ1v) is 1.52. The summed E-state index contributed by atoms with van der Waals surface area (Å²) in [5.74, 6) is 0. The summed E-state index contributed by atoms with van der Waals surface area (Å²) in [6, 6.07) is 0. The van der Waals surface area contributed by atoms with E-state index in [1.165, 1.54) is 0 Å². The molecule has 0 N–H and O–H groups in total. The van der Waals surface area contributed by atoms with Gasteiger partial charge in [0.05, 0.1) is 21.1 Å². The van der Waals surface area contributed by atoms with Crippen molar-refractivity contribution in [3.63, 3.8) is 0 Å². The molecule has 0 aromatic rings. The number of quaternary nitrogens is 1. The number of hydroxylamine groups is 3. The molecule has 0 aliphatic heterocycles. The lowest BCUT2D eigenvalue weighted by atomic mass is 11.0. The molecule has 0 heterocycles. The standard InChI is InChI=1S/C3H9NO.HI/c1-4(2,3)5;/h1-3H3;1H. The summed E-state index contributed by atoms with van der Waals surface area (Å²) in [6.07, 6.45) is 0. The lowest BCUT2D eigenvalue weighted by Crippen LogP contribution is -2.25. The zero-order chi connectivity index (χ0) is 4.50. The summed E-state index contributed by atoms with van der Waals surface area (Å²) >= 11 is 0. The highest BCUT2D eigenvalue weighted by Gasteiger charge is 1.79. The number of hydrogen-bond donors (Lipinski definition) is 0. The zero-order valence-corrected chi connectivity index (χ0v) is 6.59. The Balaban J connectivity index is 0. The molecule has 0 saturated heterocycles. The van der Waals surface area contributed by atoms with Crippen LogP contribution in [0.3, 0.4) is 0 Å². The molecular weight excluding hydrogens is 193 g/mol. The van der Waals surface area contributed by atoms with Gasteiger partial charge >= 0.3 is 0 Å². The molecule has 0 fully saturated rings. The molecule has 6 heavy (non-hydrogen) atoms. The smallest absolute Gasteiger partial charge is 0.0674 e. The monoisotopic (exact) mass is 203 g/mol. The largest absolute Gasteiger partial charge is 0.633 e. The molecule has 0 rings (SSSR count). The number of nitrogens with zero attached hydrogens (tertiary/aromatic N) is 1. The molecule has 2 nitrogen and oxygen atoms in total. The van der Waals surface area contributed by atoms with Gasteiger partial charge in [-0.1, -0.05) is 0 Å². The maximum Gasteiger partial charge on any atom is 0.0674 e. The molecule has 0 spiro atoms. The van der Waals surface area contributed by atoms with Crippen LogP contribution in [0.15, 0.2) is 0 Å². The van der Waals surface area contributed by atoms with Crippen molar-refractivity contribution in [2.75, 3.05) is 21.1 Å². The van der Waals surface area contributed by atoms with Crippen LogP contribution in [0, 0.1) is 5.21 Å². The Morgan fingerprint density at radius 3 is 1.17 bits per heavy atom. The van der Waals surface area contributed by atoms with Gasteiger partial charge in [0.2, 0.25) is 0 Å². The predicted molar refractivity (Wildman–Crippen MR) is 36.8 cm³/mol. The third-order valence-electron chi connectivity index (χ3n) is 0. The summed E-state index contributed by atoms with van der Waals surface area (Å²) < 4.78 is -0.250. The van der Waals surface area contributed by atoms with Gasteiger partial charge in [-0.15, -0.1) is 24.0 Å². The highest BCUT2D eigenvalue weighted by molar-refractivity contribution is 14.0. The second-order valence-electron chi connectivity index (χ2n) is 1.89. The minimum Gasteiger partial charge on any atom is -0.633 e. The van der Waals surface area contributed by atoms with Gasteiger partial charge in [-0.3, -0.25) is 0 Å². The van der Waals surface area contributed by atoms with Crippen molar-refractivity contribution in [1.82, 2.24) is 0 Å². The highest BCUT2D eigenvalue weighted by atomic mass is 127. The number of rotatable bonds is 0. The summed E-state index contributed by atoms with van der Waals surface area (Å²) in [4.78, 5) is 0. The molecule has 0 aromatic heterocycles. The SMILES string of the molecule is C[N+](C)(C)[O-].I. The molecule has 0 radical (unpaired) electrons. The van der Waals surface area contributed by atoms with E-state index < -0.39 is 0 Å². The first-order valence-electron chi connectivity index (χ1n) is 1.52. The van der Waals surface area contributed by atoms with Gasteiger partial charge in [0.25, 0.3) is 0 Å². The lowest BCUT2D eigenvalue weighted by molar-refractivity contribution is -0.818. The van der Waals surface area contributed by atoms with E-state index in [0.717, 1.165) is 0 Å². The molecule has 0 aliphatic carbocycles. The van der Waals surface area contributed by atoms with E-state index in [1.54, 1.807) is 21.1 Å². The van der Waals surface area contributed by atoms with Crippen LogP contribution >= 0.6 is 24.0 Å². The van der Waals surface area contributed by atoms with Crippen molar-refractivity contribution in [3.8, 4) is 0 Å². The van der Waals surface area contributed by atoms with Crippen molar-refractivity contribution in [2.24, 2.45) is 0 Å². The fourth-order valence-corrected chi connectivity index (χ4v) is 0. The van der Waals surface area contributed by atoms with Crippen molar-refractivity contribution < 1.29 is 4.65 Å². The third kappa shape index (κ3) is 147. The van der Waals surface area contributed by atoms with E-state index in [4.69, 9.17) is 0 Å². The van der Waals surface area contributed by atoms with E-state index in [9.17, 15) is 5.21 Å². The molecule has 0 aliphatic rings. The van der Waals surface area contributed by atoms with Crippen LogP contribution in [0.25, 0.3) is 0 Å². The molecule has 0 saturated carbocycles. The first-order chi connectivity index (χ1) is 2.00. The van der Waals surface area contributed by atoms with Crippen LogP contribution in [-0.2, 0) is 0 Å². The van der Waals surface area contributed by atoms with Crippen LogP contribution in [0.1, 0.15) is 0 Å². The summed E-state index contributed by atoms with van der Waals surface area (Å²) in [6.45, 7) is 0. The van der Waals surface area contributed by atoms with Crippen LogP contribution in [-0.4, -0.2) is 25.8 Å². The molecule has 0 bridgehead atoms. The minimum atomic E-state index is -0.250. The second kappa shape index (κ2) is 2.76. The Hall–Kier alpha value is 0.650. The van der Waals surface area contributed by atoms with Crippen LogP contribution in [0.4, 0.5) is 0 Å². The Morgan fingerprint density at radius 1 is 1.17 bits per heavy atom. The lowest BCUT2D eigenvalue weighted by Gasteiger charge is -2.27. The molecule has 40 valence electrons. The zero-order valence-electron chi connectivity index (χ0n) is 4.26. The Kier molecular flexibility index (Phi) is 4.52. The average molecular weight is 203 g/mol. The van der Waals surface area contributed by atoms with Crippen molar-refractivity contribution in [3.05, 3.63) is 5.21 Å². The second-order valence-corrected chi connectivity index (χ2v) is 1.89.